The molecule has 2 nitrogen and oxygen atoms in total. The highest BCUT2D eigenvalue weighted by molar-refractivity contribution is 6.32. The molecule has 0 radical (unpaired) electrons. The van der Waals surface area contributed by atoms with Crippen molar-refractivity contribution in [1.29, 1.82) is 0 Å². The molecule has 0 unspecified atom stereocenters. The second kappa shape index (κ2) is 5.55. The fourth-order valence-electron chi connectivity index (χ4n) is 1.53. The monoisotopic (exact) mass is 284 g/mol. The lowest BCUT2D eigenvalue weighted by Crippen LogP contribution is -1.93. The third-order valence-electron chi connectivity index (χ3n) is 2.56. The van der Waals surface area contributed by atoms with Gasteiger partial charge in [-0.1, -0.05) is 17.7 Å². The second-order valence-electron chi connectivity index (χ2n) is 4.04. The maximum Gasteiger partial charge on any atom is 0.162 e. The maximum atomic E-state index is 13.0. The molecule has 0 saturated carbocycles. The summed E-state index contributed by atoms with van der Waals surface area (Å²) < 4.78 is 31.2. The van der Waals surface area contributed by atoms with Crippen molar-refractivity contribution in [1.82, 2.24) is 0 Å². The van der Waals surface area contributed by atoms with Crippen molar-refractivity contribution in [2.45, 2.75) is 13.0 Å². The third kappa shape index (κ3) is 3.22. The molecule has 1 atom stereocenters. The minimum Gasteiger partial charge on any atom is -0.456 e. The normalized spacial score (nSPS) is 12.3. The number of halogens is 3. The number of aliphatic hydroxyl groups excluding tert-OH is 1. The Hall–Kier alpha value is -1.65. The van der Waals surface area contributed by atoms with Crippen molar-refractivity contribution < 1.29 is 18.6 Å². The van der Waals surface area contributed by atoms with Gasteiger partial charge in [0.05, 0.1) is 11.1 Å². The lowest BCUT2D eigenvalue weighted by atomic mass is 10.1. The molecule has 2 aromatic carbocycles. The number of hydrogen-bond donors (Lipinski definition) is 1. The minimum absolute atomic E-state index is 0.144. The Bertz CT molecular complexity index is 600. The molecule has 100 valence electrons. The molecule has 1 N–H and O–H groups in total. The Kier molecular flexibility index (Phi) is 4.02. The van der Waals surface area contributed by atoms with Gasteiger partial charge < -0.3 is 9.84 Å². The van der Waals surface area contributed by atoms with E-state index in [0.29, 0.717) is 11.3 Å². The van der Waals surface area contributed by atoms with Gasteiger partial charge in [-0.25, -0.2) is 8.78 Å². The van der Waals surface area contributed by atoms with Crippen LogP contribution in [0.5, 0.6) is 11.5 Å². The van der Waals surface area contributed by atoms with Crippen molar-refractivity contribution in [3.05, 3.63) is 58.6 Å². The summed E-state index contributed by atoms with van der Waals surface area (Å²) in [7, 11) is 0. The van der Waals surface area contributed by atoms with E-state index in [9.17, 15) is 13.9 Å². The van der Waals surface area contributed by atoms with E-state index < -0.39 is 17.7 Å². The molecule has 19 heavy (non-hydrogen) atoms. The molecule has 0 spiro atoms. The highest BCUT2D eigenvalue weighted by Crippen LogP contribution is 2.32. The van der Waals surface area contributed by atoms with E-state index in [-0.39, 0.29) is 10.8 Å². The summed E-state index contributed by atoms with van der Waals surface area (Å²) in [6, 6.07) is 7.98. The van der Waals surface area contributed by atoms with Crippen molar-refractivity contribution in [3.8, 4) is 11.5 Å². The number of ether oxygens (including phenoxy) is 1. The molecular weight excluding hydrogens is 274 g/mol. The van der Waals surface area contributed by atoms with Crippen LogP contribution in [0.3, 0.4) is 0 Å². The Morgan fingerprint density at radius 2 is 1.84 bits per heavy atom. The highest BCUT2D eigenvalue weighted by atomic mass is 35.5. The van der Waals surface area contributed by atoms with Crippen molar-refractivity contribution in [3.63, 3.8) is 0 Å². The fourth-order valence-corrected chi connectivity index (χ4v) is 1.75. The van der Waals surface area contributed by atoms with E-state index in [0.717, 1.165) is 12.1 Å². The third-order valence-corrected chi connectivity index (χ3v) is 2.85. The average Bonchev–Trinajstić information content (AvgIpc) is 2.36. The molecule has 0 fully saturated rings. The van der Waals surface area contributed by atoms with Gasteiger partial charge in [0, 0.05) is 6.07 Å². The molecule has 0 aliphatic rings. The molecule has 0 aliphatic heterocycles. The van der Waals surface area contributed by atoms with Crippen LogP contribution in [0.15, 0.2) is 36.4 Å². The van der Waals surface area contributed by atoms with Crippen LogP contribution in [0.2, 0.25) is 5.02 Å². The van der Waals surface area contributed by atoms with Gasteiger partial charge in [0.25, 0.3) is 0 Å². The highest BCUT2D eigenvalue weighted by Gasteiger charge is 2.09. The van der Waals surface area contributed by atoms with Crippen LogP contribution in [-0.4, -0.2) is 5.11 Å². The zero-order valence-electron chi connectivity index (χ0n) is 10.0. The van der Waals surface area contributed by atoms with E-state index in [2.05, 4.69) is 0 Å². The number of rotatable bonds is 3. The van der Waals surface area contributed by atoms with Gasteiger partial charge >= 0.3 is 0 Å². The topological polar surface area (TPSA) is 29.5 Å². The summed E-state index contributed by atoms with van der Waals surface area (Å²) in [5.41, 5.74) is 0.641. The smallest absolute Gasteiger partial charge is 0.162 e. The SMILES string of the molecule is C[C@@H](O)c1ccc(Oc2ccc(F)c(F)c2)c(Cl)c1. The molecule has 0 heterocycles. The molecule has 0 aromatic heterocycles. The summed E-state index contributed by atoms with van der Waals surface area (Å²) in [4.78, 5) is 0. The summed E-state index contributed by atoms with van der Waals surface area (Å²) in [5, 5.41) is 9.69. The van der Waals surface area contributed by atoms with Crippen LogP contribution in [0, 0.1) is 11.6 Å². The molecule has 0 amide bonds. The molecular formula is C14H11ClF2O2. The first kappa shape index (κ1) is 13.8. The van der Waals surface area contributed by atoms with Crippen molar-refractivity contribution in [2.24, 2.45) is 0 Å². The van der Waals surface area contributed by atoms with Crippen LogP contribution >= 0.6 is 11.6 Å². The van der Waals surface area contributed by atoms with Crippen molar-refractivity contribution in [2.75, 3.05) is 0 Å². The number of aliphatic hydroxyl groups is 1. The van der Waals surface area contributed by atoms with Crippen LogP contribution in [0.1, 0.15) is 18.6 Å². The Morgan fingerprint density at radius 1 is 1.11 bits per heavy atom. The summed E-state index contributed by atoms with van der Waals surface area (Å²) >= 11 is 5.99. The second-order valence-corrected chi connectivity index (χ2v) is 4.45. The molecule has 0 aliphatic carbocycles. The Balaban J connectivity index is 2.25. The largest absolute Gasteiger partial charge is 0.456 e. The first-order chi connectivity index (χ1) is 8.97. The van der Waals surface area contributed by atoms with Gasteiger partial charge in [0.1, 0.15) is 11.5 Å². The molecule has 2 aromatic rings. The van der Waals surface area contributed by atoms with Crippen LogP contribution in [-0.2, 0) is 0 Å². The van der Waals surface area contributed by atoms with Crippen LogP contribution in [0.4, 0.5) is 8.78 Å². The average molecular weight is 285 g/mol. The molecule has 0 bridgehead atoms. The van der Waals surface area contributed by atoms with Crippen molar-refractivity contribution >= 4 is 11.6 Å². The summed E-state index contributed by atoms with van der Waals surface area (Å²) in [6.45, 7) is 1.61. The predicted molar refractivity (Wildman–Crippen MR) is 68.5 cm³/mol. The van der Waals surface area contributed by atoms with Gasteiger partial charge in [-0.05, 0) is 36.8 Å². The lowest BCUT2D eigenvalue weighted by Gasteiger charge is -2.10. The zero-order valence-corrected chi connectivity index (χ0v) is 10.8. The number of hydrogen-bond acceptors (Lipinski definition) is 2. The Labute approximate surface area is 114 Å². The van der Waals surface area contributed by atoms with E-state index >= 15 is 0 Å². The van der Waals surface area contributed by atoms with E-state index in [1.165, 1.54) is 6.07 Å². The number of benzene rings is 2. The van der Waals surface area contributed by atoms with Crippen LogP contribution < -0.4 is 4.74 Å². The standard InChI is InChI=1S/C14H11ClF2O2/c1-8(18)9-2-5-14(11(15)6-9)19-10-3-4-12(16)13(17)7-10/h2-8,18H,1H3/t8-/m1/s1. The van der Waals surface area contributed by atoms with Gasteiger partial charge in [0.2, 0.25) is 0 Å². The van der Waals surface area contributed by atoms with E-state index in [4.69, 9.17) is 16.3 Å². The first-order valence-corrected chi connectivity index (χ1v) is 5.95. The van der Waals surface area contributed by atoms with E-state index in [1.54, 1.807) is 25.1 Å². The quantitative estimate of drug-likeness (QED) is 0.901. The van der Waals surface area contributed by atoms with Crippen LogP contribution in [0.25, 0.3) is 0 Å². The fraction of sp³-hybridized carbons (Fsp3) is 0.143. The predicted octanol–water partition coefficient (Wildman–Crippen LogP) is 4.46. The zero-order chi connectivity index (χ0) is 14.0. The van der Waals surface area contributed by atoms with Gasteiger partial charge in [0.15, 0.2) is 11.6 Å². The Morgan fingerprint density at radius 3 is 2.42 bits per heavy atom. The lowest BCUT2D eigenvalue weighted by molar-refractivity contribution is 0.199. The minimum atomic E-state index is -0.991. The van der Waals surface area contributed by atoms with Gasteiger partial charge in [-0.2, -0.15) is 0 Å². The molecule has 0 saturated heterocycles. The first-order valence-electron chi connectivity index (χ1n) is 5.58. The summed E-state index contributed by atoms with van der Waals surface area (Å²) in [5.74, 6) is -1.49. The van der Waals surface area contributed by atoms with E-state index in [1.807, 2.05) is 0 Å². The maximum absolute atomic E-state index is 13.0. The van der Waals surface area contributed by atoms with Gasteiger partial charge in [-0.15, -0.1) is 0 Å². The van der Waals surface area contributed by atoms with Gasteiger partial charge in [-0.3, -0.25) is 0 Å². The summed E-state index contributed by atoms with van der Waals surface area (Å²) in [6.07, 6.45) is -0.644. The molecule has 2 rings (SSSR count). The molecule has 5 heteroatoms.